The fourth-order valence-corrected chi connectivity index (χ4v) is 2.35. The van der Waals surface area contributed by atoms with Gasteiger partial charge in [0.2, 0.25) is 0 Å². The van der Waals surface area contributed by atoms with Gasteiger partial charge in [0.25, 0.3) is 0 Å². The van der Waals surface area contributed by atoms with Gasteiger partial charge >= 0.3 is 5.97 Å². The average molecular weight is 304 g/mol. The Hall–Kier alpha value is -0.880. The van der Waals surface area contributed by atoms with E-state index in [2.05, 4.69) is 28.0 Å². The first-order valence-electron chi connectivity index (χ1n) is 5.56. The smallest absolute Gasteiger partial charge is 0.304 e. The molecule has 1 rings (SSSR count). The molecule has 6 heteroatoms. The van der Waals surface area contributed by atoms with Gasteiger partial charge in [-0.05, 0) is 29.4 Å². The molecule has 1 N–H and O–H groups in total. The van der Waals surface area contributed by atoms with Crippen molar-refractivity contribution in [3.05, 3.63) is 15.9 Å². The lowest BCUT2D eigenvalue weighted by molar-refractivity contribution is -0.137. The van der Waals surface area contributed by atoms with Crippen LogP contribution in [0.5, 0.6) is 0 Å². The van der Waals surface area contributed by atoms with E-state index in [-0.39, 0.29) is 6.42 Å². The van der Waals surface area contributed by atoms with Gasteiger partial charge in [-0.15, -0.1) is 0 Å². The summed E-state index contributed by atoms with van der Waals surface area (Å²) in [6.45, 7) is 3.29. The molecule has 0 saturated heterocycles. The third-order valence-electron chi connectivity index (χ3n) is 2.63. The Morgan fingerprint density at radius 3 is 2.71 bits per heavy atom. The van der Waals surface area contributed by atoms with Crippen molar-refractivity contribution in [2.75, 3.05) is 13.6 Å². The molecule has 96 valence electrons. The zero-order valence-corrected chi connectivity index (χ0v) is 12.0. The van der Waals surface area contributed by atoms with Gasteiger partial charge < -0.3 is 5.11 Å². The number of aryl methyl sites for hydroxylation is 2. The van der Waals surface area contributed by atoms with Crippen molar-refractivity contribution in [1.82, 2.24) is 14.7 Å². The molecular weight excluding hydrogens is 286 g/mol. The maximum atomic E-state index is 10.5. The Kier molecular flexibility index (Phi) is 5.14. The lowest BCUT2D eigenvalue weighted by atomic mass is 10.3. The number of nitrogens with zero attached hydrogens (tertiary/aromatic N) is 3. The molecule has 0 fully saturated rings. The molecule has 0 aliphatic heterocycles. The summed E-state index contributed by atoms with van der Waals surface area (Å²) in [7, 11) is 3.82. The predicted molar refractivity (Wildman–Crippen MR) is 68.9 cm³/mol. The summed E-state index contributed by atoms with van der Waals surface area (Å²) in [5.41, 5.74) is 2.11. The Labute approximate surface area is 110 Å². The number of carboxylic acid groups (broad SMARTS) is 1. The number of rotatable bonds is 6. The molecule has 17 heavy (non-hydrogen) atoms. The largest absolute Gasteiger partial charge is 0.481 e. The van der Waals surface area contributed by atoms with Crippen LogP contribution in [-0.4, -0.2) is 39.3 Å². The van der Waals surface area contributed by atoms with Crippen LogP contribution in [0.2, 0.25) is 0 Å². The summed E-state index contributed by atoms with van der Waals surface area (Å²) in [4.78, 5) is 12.5. The normalized spacial score (nSPS) is 11.1. The number of aliphatic carboxylic acids is 1. The highest BCUT2D eigenvalue weighted by atomic mass is 79.9. The van der Waals surface area contributed by atoms with E-state index in [9.17, 15) is 4.79 Å². The summed E-state index contributed by atoms with van der Waals surface area (Å²) in [6, 6.07) is 0. The second-order valence-electron chi connectivity index (χ2n) is 4.07. The monoisotopic (exact) mass is 303 g/mol. The van der Waals surface area contributed by atoms with E-state index in [1.807, 2.05) is 23.7 Å². The van der Waals surface area contributed by atoms with Crippen LogP contribution in [0.15, 0.2) is 4.47 Å². The first kappa shape index (κ1) is 14.2. The minimum atomic E-state index is -0.768. The van der Waals surface area contributed by atoms with Crippen LogP contribution < -0.4 is 0 Å². The fourth-order valence-electron chi connectivity index (χ4n) is 1.61. The molecule has 0 unspecified atom stereocenters. The summed E-state index contributed by atoms with van der Waals surface area (Å²) in [5, 5.41) is 13.0. The van der Waals surface area contributed by atoms with Crippen molar-refractivity contribution in [3.8, 4) is 0 Å². The van der Waals surface area contributed by atoms with E-state index in [0.29, 0.717) is 13.1 Å². The zero-order chi connectivity index (χ0) is 13.0. The SMILES string of the molecule is CCc1nn(C)c(CN(C)CCC(=O)O)c1Br. The topological polar surface area (TPSA) is 58.4 Å². The summed E-state index contributed by atoms with van der Waals surface area (Å²) >= 11 is 3.54. The number of carboxylic acids is 1. The van der Waals surface area contributed by atoms with E-state index < -0.39 is 5.97 Å². The van der Waals surface area contributed by atoms with Crippen molar-refractivity contribution in [2.24, 2.45) is 7.05 Å². The summed E-state index contributed by atoms with van der Waals surface area (Å²) in [6.07, 6.45) is 1.04. The van der Waals surface area contributed by atoms with E-state index >= 15 is 0 Å². The lowest BCUT2D eigenvalue weighted by Crippen LogP contribution is -2.22. The van der Waals surface area contributed by atoms with Crippen LogP contribution in [0, 0.1) is 0 Å². The Morgan fingerprint density at radius 2 is 2.24 bits per heavy atom. The third kappa shape index (κ3) is 3.81. The first-order valence-corrected chi connectivity index (χ1v) is 6.35. The van der Waals surface area contributed by atoms with Gasteiger partial charge in [0.15, 0.2) is 0 Å². The van der Waals surface area contributed by atoms with Gasteiger partial charge in [-0.1, -0.05) is 6.92 Å². The lowest BCUT2D eigenvalue weighted by Gasteiger charge is -2.15. The van der Waals surface area contributed by atoms with Crippen molar-refractivity contribution < 1.29 is 9.90 Å². The van der Waals surface area contributed by atoms with Crippen LogP contribution in [-0.2, 0) is 24.8 Å². The van der Waals surface area contributed by atoms with Gasteiger partial charge in [0.05, 0.1) is 22.3 Å². The number of halogens is 1. The molecule has 0 bridgehead atoms. The van der Waals surface area contributed by atoms with E-state index in [4.69, 9.17) is 5.11 Å². The van der Waals surface area contributed by atoms with Crippen molar-refractivity contribution >= 4 is 21.9 Å². The number of hydrogen-bond donors (Lipinski definition) is 1. The van der Waals surface area contributed by atoms with Gasteiger partial charge in [0, 0.05) is 20.1 Å². The van der Waals surface area contributed by atoms with E-state index in [0.717, 1.165) is 22.3 Å². The number of carbonyl (C=O) groups is 1. The molecule has 0 aliphatic carbocycles. The van der Waals surface area contributed by atoms with Crippen LogP contribution in [0.25, 0.3) is 0 Å². The van der Waals surface area contributed by atoms with Gasteiger partial charge in [0.1, 0.15) is 0 Å². The molecule has 0 amide bonds. The van der Waals surface area contributed by atoms with Gasteiger partial charge in [-0.3, -0.25) is 14.4 Å². The Morgan fingerprint density at radius 1 is 1.59 bits per heavy atom. The van der Waals surface area contributed by atoms with E-state index in [1.165, 1.54) is 0 Å². The van der Waals surface area contributed by atoms with Crippen molar-refractivity contribution in [2.45, 2.75) is 26.3 Å². The molecule has 0 aromatic carbocycles. The highest BCUT2D eigenvalue weighted by molar-refractivity contribution is 9.10. The summed E-state index contributed by atoms with van der Waals surface area (Å²) in [5.74, 6) is -0.768. The van der Waals surface area contributed by atoms with E-state index in [1.54, 1.807) is 0 Å². The molecule has 1 aromatic heterocycles. The van der Waals surface area contributed by atoms with Crippen LogP contribution >= 0.6 is 15.9 Å². The Balaban J connectivity index is 2.67. The number of aromatic nitrogens is 2. The van der Waals surface area contributed by atoms with Gasteiger partial charge in [-0.25, -0.2) is 0 Å². The molecule has 0 atom stereocenters. The maximum absolute atomic E-state index is 10.5. The third-order valence-corrected chi connectivity index (χ3v) is 3.55. The summed E-state index contributed by atoms with van der Waals surface area (Å²) < 4.78 is 2.88. The fraction of sp³-hybridized carbons (Fsp3) is 0.636. The second kappa shape index (κ2) is 6.16. The molecule has 1 heterocycles. The van der Waals surface area contributed by atoms with Crippen molar-refractivity contribution in [1.29, 1.82) is 0 Å². The zero-order valence-electron chi connectivity index (χ0n) is 10.4. The van der Waals surface area contributed by atoms with Crippen LogP contribution in [0.3, 0.4) is 0 Å². The Bertz CT molecular complexity index is 404. The predicted octanol–water partition coefficient (Wildman–Crippen LogP) is 1.65. The molecule has 5 nitrogen and oxygen atoms in total. The van der Waals surface area contributed by atoms with Crippen molar-refractivity contribution in [3.63, 3.8) is 0 Å². The molecule has 0 spiro atoms. The highest BCUT2D eigenvalue weighted by Gasteiger charge is 2.14. The molecule has 1 aromatic rings. The standard InChI is InChI=1S/C11H18BrN3O2/c1-4-8-11(12)9(15(3)13-8)7-14(2)6-5-10(16)17/h4-7H2,1-3H3,(H,16,17). The molecule has 0 saturated carbocycles. The van der Waals surface area contributed by atoms with Crippen LogP contribution in [0.1, 0.15) is 24.7 Å². The minimum Gasteiger partial charge on any atom is -0.481 e. The van der Waals surface area contributed by atoms with Gasteiger partial charge in [-0.2, -0.15) is 5.10 Å². The average Bonchev–Trinajstić information content (AvgIpc) is 2.53. The first-order chi connectivity index (χ1) is 7.95. The minimum absolute atomic E-state index is 0.159. The molecule has 0 aliphatic rings. The number of hydrogen-bond acceptors (Lipinski definition) is 3. The quantitative estimate of drug-likeness (QED) is 0.868. The molecule has 0 radical (unpaired) electrons. The van der Waals surface area contributed by atoms with Crippen LogP contribution in [0.4, 0.5) is 0 Å². The second-order valence-corrected chi connectivity index (χ2v) is 4.86. The maximum Gasteiger partial charge on any atom is 0.304 e. The molecular formula is C11H18BrN3O2. The highest BCUT2D eigenvalue weighted by Crippen LogP contribution is 2.22.